The molecule has 8 nitrogen and oxygen atoms in total. The van der Waals surface area contributed by atoms with Gasteiger partial charge in [-0.2, -0.15) is 0 Å². The minimum atomic E-state index is -0.835. The summed E-state index contributed by atoms with van der Waals surface area (Å²) >= 11 is 11.2. The van der Waals surface area contributed by atoms with Gasteiger partial charge >= 0.3 is 5.97 Å². The molecule has 2 heterocycles. The normalized spacial score (nSPS) is 14.4. The first-order valence-electron chi connectivity index (χ1n) is 15.4. The van der Waals surface area contributed by atoms with E-state index in [0.29, 0.717) is 55.9 Å². The lowest BCUT2D eigenvalue weighted by Crippen LogP contribution is -2.40. The van der Waals surface area contributed by atoms with E-state index in [0.717, 1.165) is 21.2 Å². The highest BCUT2D eigenvalue weighted by atomic mass is 79.9. The van der Waals surface area contributed by atoms with Crippen molar-refractivity contribution >= 4 is 50.9 Å². The number of benzene rings is 3. The third-order valence-electron chi connectivity index (χ3n) is 7.52. The quantitative estimate of drug-likeness (QED) is 0.111. The van der Waals surface area contributed by atoms with E-state index in [9.17, 15) is 9.59 Å². The van der Waals surface area contributed by atoms with Crippen LogP contribution in [0, 0.1) is 0 Å². The minimum absolute atomic E-state index is 0.252. The van der Waals surface area contributed by atoms with Crippen LogP contribution in [0.25, 0.3) is 6.08 Å². The summed E-state index contributed by atoms with van der Waals surface area (Å²) in [5.74, 6) is 1.09. The van der Waals surface area contributed by atoms with Crippen LogP contribution in [0.3, 0.4) is 0 Å². The molecule has 0 aliphatic carbocycles. The van der Waals surface area contributed by atoms with Gasteiger partial charge in [-0.25, -0.2) is 9.79 Å². The summed E-state index contributed by atoms with van der Waals surface area (Å²) < 4.78 is 26.4. The van der Waals surface area contributed by atoms with Crippen molar-refractivity contribution in [1.29, 1.82) is 0 Å². The van der Waals surface area contributed by atoms with E-state index in [1.807, 2.05) is 55.5 Å². The van der Waals surface area contributed by atoms with Crippen LogP contribution in [0.1, 0.15) is 56.0 Å². The minimum Gasteiger partial charge on any atom is -0.496 e. The van der Waals surface area contributed by atoms with Crippen molar-refractivity contribution in [1.82, 2.24) is 4.57 Å². The highest BCUT2D eigenvalue weighted by molar-refractivity contribution is 9.10. The van der Waals surface area contributed by atoms with Gasteiger partial charge in [0.1, 0.15) is 18.4 Å². The van der Waals surface area contributed by atoms with Gasteiger partial charge in [0.25, 0.3) is 5.56 Å². The van der Waals surface area contributed by atoms with Gasteiger partial charge in [0.05, 0.1) is 35.6 Å². The lowest BCUT2D eigenvalue weighted by molar-refractivity contribution is -0.143. The molecule has 3 aromatic carbocycles. The maximum absolute atomic E-state index is 14.3. The third kappa shape index (κ3) is 7.46. The molecule has 0 unspecified atom stereocenters. The molecule has 5 rings (SSSR count). The highest BCUT2D eigenvalue weighted by Crippen LogP contribution is 2.38. The molecule has 1 aromatic heterocycles. The Morgan fingerprint density at radius 2 is 1.90 bits per heavy atom. The van der Waals surface area contributed by atoms with Crippen LogP contribution in [0.2, 0.25) is 5.02 Å². The van der Waals surface area contributed by atoms with Crippen LogP contribution < -0.4 is 29.1 Å². The second-order valence-electron chi connectivity index (χ2n) is 11.2. The Morgan fingerprint density at radius 1 is 1.12 bits per heavy atom. The van der Waals surface area contributed by atoms with Crippen molar-refractivity contribution in [3.63, 3.8) is 0 Å². The van der Waals surface area contributed by atoms with Gasteiger partial charge in [0, 0.05) is 26.2 Å². The molecule has 0 radical (unpaired) electrons. The molecule has 0 N–H and O–H groups in total. The summed E-state index contributed by atoms with van der Waals surface area (Å²) in [5, 5.41) is 0.613. The number of aromatic nitrogens is 1. The van der Waals surface area contributed by atoms with Crippen molar-refractivity contribution < 1.29 is 23.7 Å². The van der Waals surface area contributed by atoms with E-state index >= 15 is 0 Å². The topological polar surface area (TPSA) is 88.4 Å². The number of hydrogen-bond donors (Lipinski definition) is 0. The van der Waals surface area contributed by atoms with E-state index in [1.54, 1.807) is 50.7 Å². The second-order valence-corrected chi connectivity index (χ2v) is 13.6. The summed E-state index contributed by atoms with van der Waals surface area (Å²) in [6.45, 7) is 11.8. The standard InChI is InChI=1S/C37H36BrClN2O6S/c1-7-11-24-16-23(17-30(45-8-2)34(24)46-20-25-12-9-10-13-28(25)39)18-31-35(42)41-33(27-19-26(38)14-15-29(27)44-6)32(36(43)47-21(3)4)22(5)40-37(41)48-31/h7,9-10,12-19,21,33H,1,8,11,20H2,2-6H3/b31-18-/t33-/m1/s1. The molecule has 1 aliphatic rings. The first-order chi connectivity index (χ1) is 23.1. The van der Waals surface area contributed by atoms with E-state index in [4.69, 9.17) is 35.5 Å². The van der Waals surface area contributed by atoms with E-state index in [2.05, 4.69) is 22.5 Å². The van der Waals surface area contributed by atoms with Gasteiger partial charge in [0.2, 0.25) is 0 Å². The molecular formula is C37H36BrClN2O6S. The lowest BCUT2D eigenvalue weighted by atomic mass is 9.95. The number of methoxy groups -OCH3 is 1. The highest BCUT2D eigenvalue weighted by Gasteiger charge is 2.35. The van der Waals surface area contributed by atoms with Gasteiger partial charge in [-0.05, 0) is 82.2 Å². The number of hydrogen-bond acceptors (Lipinski definition) is 8. The number of allylic oxidation sites excluding steroid dienone is 2. The number of nitrogens with zero attached hydrogens (tertiary/aromatic N) is 2. The predicted octanol–water partition coefficient (Wildman–Crippen LogP) is 7.32. The summed E-state index contributed by atoms with van der Waals surface area (Å²) in [5.41, 5.74) is 3.47. The number of halogens is 2. The largest absolute Gasteiger partial charge is 0.496 e. The molecule has 11 heteroatoms. The van der Waals surface area contributed by atoms with Crippen molar-refractivity contribution in [3.05, 3.63) is 130 Å². The van der Waals surface area contributed by atoms with Gasteiger partial charge in [-0.1, -0.05) is 63.1 Å². The van der Waals surface area contributed by atoms with Crippen LogP contribution in [0.5, 0.6) is 17.2 Å². The van der Waals surface area contributed by atoms with Gasteiger partial charge < -0.3 is 18.9 Å². The molecule has 48 heavy (non-hydrogen) atoms. The summed E-state index contributed by atoms with van der Waals surface area (Å²) in [7, 11) is 1.55. The summed E-state index contributed by atoms with van der Waals surface area (Å²) in [6.07, 6.45) is 3.73. The Balaban J connectivity index is 1.67. The summed E-state index contributed by atoms with van der Waals surface area (Å²) in [4.78, 5) is 33.0. The molecule has 1 atom stereocenters. The predicted molar refractivity (Wildman–Crippen MR) is 193 cm³/mol. The Kier molecular flexibility index (Phi) is 11.3. The molecule has 0 saturated heterocycles. The number of rotatable bonds is 12. The molecule has 1 aliphatic heterocycles. The Bertz CT molecular complexity index is 2080. The lowest BCUT2D eigenvalue weighted by Gasteiger charge is -2.26. The average Bonchev–Trinajstić information content (AvgIpc) is 3.34. The summed E-state index contributed by atoms with van der Waals surface area (Å²) in [6, 6.07) is 16.0. The molecule has 0 bridgehead atoms. The third-order valence-corrected chi connectivity index (χ3v) is 9.36. The van der Waals surface area contributed by atoms with Crippen LogP contribution in [-0.2, 0) is 22.6 Å². The molecule has 0 amide bonds. The van der Waals surface area contributed by atoms with Crippen molar-refractivity contribution in [2.45, 2.75) is 52.9 Å². The number of fused-ring (bicyclic) bond motifs is 1. The average molecular weight is 752 g/mol. The maximum Gasteiger partial charge on any atom is 0.338 e. The van der Waals surface area contributed by atoms with Gasteiger partial charge in [0.15, 0.2) is 16.3 Å². The maximum atomic E-state index is 14.3. The Labute approximate surface area is 296 Å². The molecule has 4 aromatic rings. The fourth-order valence-corrected chi connectivity index (χ4v) is 7.11. The number of carbonyl (C=O) groups is 1. The zero-order chi connectivity index (χ0) is 34.5. The zero-order valence-corrected chi connectivity index (χ0v) is 30.5. The van der Waals surface area contributed by atoms with Crippen molar-refractivity contribution in [2.75, 3.05) is 13.7 Å². The molecule has 0 spiro atoms. The molecule has 250 valence electrons. The second kappa shape index (κ2) is 15.4. The van der Waals surface area contributed by atoms with Crippen LogP contribution in [0.15, 0.2) is 92.8 Å². The fraction of sp³-hybridized carbons (Fsp3) is 0.270. The van der Waals surface area contributed by atoms with E-state index in [-0.39, 0.29) is 23.8 Å². The van der Waals surface area contributed by atoms with E-state index < -0.39 is 12.0 Å². The van der Waals surface area contributed by atoms with Gasteiger partial charge in [-0.3, -0.25) is 9.36 Å². The number of thiazole rings is 1. The number of esters is 1. The molecular weight excluding hydrogens is 716 g/mol. The van der Waals surface area contributed by atoms with Gasteiger partial charge in [-0.15, -0.1) is 6.58 Å². The SMILES string of the molecule is C=CCc1cc(/C=c2\sc3n(c2=O)[C@H](c2cc(Br)ccc2OC)C(C(=O)OC(C)C)=C(C)N=3)cc(OCC)c1OCc1ccccc1Cl. The van der Waals surface area contributed by atoms with Crippen LogP contribution >= 0.6 is 38.9 Å². The van der Waals surface area contributed by atoms with Crippen molar-refractivity contribution in [2.24, 2.45) is 4.99 Å². The first kappa shape index (κ1) is 35.2. The smallest absolute Gasteiger partial charge is 0.338 e. The number of carbonyl (C=O) groups excluding carboxylic acids is 1. The Hall–Kier alpha value is -4.12. The van der Waals surface area contributed by atoms with Crippen LogP contribution in [-0.4, -0.2) is 30.4 Å². The molecule has 0 fully saturated rings. The van der Waals surface area contributed by atoms with E-state index in [1.165, 1.54) is 11.3 Å². The first-order valence-corrected chi connectivity index (χ1v) is 17.4. The monoisotopic (exact) mass is 750 g/mol. The number of ether oxygens (including phenoxy) is 4. The fourth-order valence-electron chi connectivity index (χ4n) is 5.49. The zero-order valence-electron chi connectivity index (χ0n) is 27.3. The molecule has 0 saturated carbocycles. The Morgan fingerprint density at radius 3 is 2.58 bits per heavy atom. The van der Waals surface area contributed by atoms with Crippen LogP contribution in [0.4, 0.5) is 0 Å². The van der Waals surface area contributed by atoms with Crippen molar-refractivity contribution in [3.8, 4) is 17.2 Å².